The molecule has 0 radical (unpaired) electrons. The van der Waals surface area contributed by atoms with Crippen molar-refractivity contribution >= 4 is 38.9 Å². The maximum atomic E-state index is 12.7. The fraction of sp³-hybridized carbons (Fsp3) is 0.444. The van der Waals surface area contributed by atoms with Gasteiger partial charge >= 0.3 is 0 Å². The summed E-state index contributed by atoms with van der Waals surface area (Å²) in [5, 5.41) is 5.43. The van der Waals surface area contributed by atoms with Crippen LogP contribution in [-0.4, -0.2) is 53.6 Å². The normalized spacial score (nSPS) is 18.6. The molecule has 0 N–H and O–H groups in total. The number of benzene rings is 1. The van der Waals surface area contributed by atoms with Crippen molar-refractivity contribution in [1.82, 2.24) is 14.7 Å². The molecule has 1 aliphatic rings. The van der Waals surface area contributed by atoms with E-state index in [0.29, 0.717) is 16.5 Å². The van der Waals surface area contributed by atoms with E-state index in [1.54, 1.807) is 28.8 Å². The van der Waals surface area contributed by atoms with Crippen molar-refractivity contribution < 1.29 is 13.2 Å². The molecule has 6 nitrogen and oxygen atoms in total. The number of aromatic nitrogens is 2. The van der Waals surface area contributed by atoms with Crippen LogP contribution in [0.15, 0.2) is 18.2 Å². The summed E-state index contributed by atoms with van der Waals surface area (Å²) >= 11 is 12.1. The summed E-state index contributed by atoms with van der Waals surface area (Å²) in [5.74, 6) is 0.0650. The minimum absolute atomic E-state index is 0.0374. The second kappa shape index (κ2) is 7.45. The van der Waals surface area contributed by atoms with Crippen LogP contribution >= 0.6 is 23.2 Å². The van der Waals surface area contributed by atoms with Crippen LogP contribution < -0.4 is 0 Å². The summed E-state index contributed by atoms with van der Waals surface area (Å²) < 4.78 is 25.1. The lowest BCUT2D eigenvalue weighted by Gasteiger charge is -2.23. The second-order valence-electron chi connectivity index (χ2n) is 6.90. The Hall–Kier alpha value is -1.57. The maximum Gasteiger partial charge on any atom is 0.227 e. The number of nitrogens with zero attached hydrogens (tertiary/aromatic N) is 3. The van der Waals surface area contributed by atoms with E-state index in [4.69, 9.17) is 23.2 Å². The fourth-order valence-electron chi connectivity index (χ4n) is 3.36. The molecule has 0 aliphatic carbocycles. The van der Waals surface area contributed by atoms with Crippen molar-refractivity contribution in [3.63, 3.8) is 0 Å². The average Bonchev–Trinajstić information content (AvgIpc) is 3.10. The van der Waals surface area contributed by atoms with E-state index in [-0.39, 0.29) is 29.9 Å². The van der Waals surface area contributed by atoms with Crippen molar-refractivity contribution in [2.24, 2.45) is 0 Å². The predicted octanol–water partition coefficient (Wildman–Crippen LogP) is 2.98. The summed E-state index contributed by atoms with van der Waals surface area (Å²) in [7, 11) is -1.37. The third-order valence-electron chi connectivity index (χ3n) is 5.07. The van der Waals surface area contributed by atoms with Crippen LogP contribution in [0.25, 0.3) is 5.69 Å². The summed E-state index contributed by atoms with van der Waals surface area (Å²) in [4.78, 5) is 14.3. The van der Waals surface area contributed by atoms with Gasteiger partial charge in [-0.15, -0.1) is 0 Å². The third-order valence-corrected chi connectivity index (χ3v) is 7.56. The smallest absolute Gasteiger partial charge is 0.227 e. The average molecular weight is 430 g/mol. The second-order valence-corrected chi connectivity index (χ2v) is 9.94. The first-order valence-electron chi connectivity index (χ1n) is 8.55. The van der Waals surface area contributed by atoms with Gasteiger partial charge in [0.15, 0.2) is 9.84 Å². The highest BCUT2D eigenvalue weighted by Crippen LogP contribution is 2.26. The summed E-state index contributed by atoms with van der Waals surface area (Å²) in [5.41, 5.74) is 3.18. The largest absolute Gasteiger partial charge is 0.341 e. The zero-order valence-corrected chi connectivity index (χ0v) is 17.7. The third kappa shape index (κ3) is 4.15. The van der Waals surface area contributed by atoms with Crippen molar-refractivity contribution in [3.8, 4) is 5.69 Å². The quantitative estimate of drug-likeness (QED) is 0.748. The van der Waals surface area contributed by atoms with Crippen molar-refractivity contribution in [1.29, 1.82) is 0 Å². The van der Waals surface area contributed by atoms with E-state index in [0.717, 1.165) is 22.6 Å². The SMILES string of the molecule is Cc1nn(-c2ccc(Cl)c(Cl)c2)c(C)c1CC(=O)N(C)C1CCS(=O)(=O)C1. The lowest BCUT2D eigenvalue weighted by atomic mass is 10.1. The first kappa shape index (κ1) is 20.2. The fourth-order valence-corrected chi connectivity index (χ4v) is 5.43. The van der Waals surface area contributed by atoms with Crippen LogP contribution in [0.2, 0.25) is 10.0 Å². The molecule has 1 aromatic heterocycles. The number of likely N-dealkylation sites (N-methyl/N-ethyl adjacent to an activating group) is 1. The minimum Gasteiger partial charge on any atom is -0.341 e. The summed E-state index contributed by atoms with van der Waals surface area (Å²) in [6.45, 7) is 3.74. The minimum atomic E-state index is -3.04. The van der Waals surface area contributed by atoms with Gasteiger partial charge in [-0.05, 0) is 38.5 Å². The Morgan fingerprint density at radius 1 is 1.30 bits per heavy atom. The van der Waals surface area contributed by atoms with E-state index in [1.807, 2.05) is 19.9 Å². The molecule has 0 spiro atoms. The Morgan fingerprint density at radius 3 is 2.59 bits per heavy atom. The van der Waals surface area contributed by atoms with Gasteiger partial charge < -0.3 is 4.90 Å². The van der Waals surface area contributed by atoms with Crippen LogP contribution in [0.3, 0.4) is 0 Å². The molecule has 3 rings (SSSR count). The lowest BCUT2D eigenvalue weighted by Crippen LogP contribution is -2.38. The van der Waals surface area contributed by atoms with Crippen LogP contribution in [0, 0.1) is 13.8 Å². The molecule has 1 aromatic carbocycles. The number of amides is 1. The number of sulfone groups is 1. The van der Waals surface area contributed by atoms with E-state index in [1.165, 1.54) is 0 Å². The molecule has 1 aliphatic heterocycles. The van der Waals surface area contributed by atoms with Crippen molar-refractivity contribution in [2.75, 3.05) is 18.6 Å². The molecule has 1 atom stereocenters. The number of hydrogen-bond acceptors (Lipinski definition) is 4. The molecular formula is C18H21Cl2N3O3S. The zero-order valence-electron chi connectivity index (χ0n) is 15.4. The van der Waals surface area contributed by atoms with Crippen LogP contribution in [0.5, 0.6) is 0 Å². The molecule has 27 heavy (non-hydrogen) atoms. The summed E-state index contributed by atoms with van der Waals surface area (Å²) in [6.07, 6.45) is 0.664. The Kier molecular flexibility index (Phi) is 5.57. The highest BCUT2D eigenvalue weighted by Gasteiger charge is 2.33. The van der Waals surface area contributed by atoms with Gasteiger partial charge in [-0.2, -0.15) is 5.10 Å². The molecule has 1 fully saturated rings. The molecule has 2 heterocycles. The predicted molar refractivity (Wildman–Crippen MR) is 107 cm³/mol. The van der Waals surface area contributed by atoms with E-state index in [2.05, 4.69) is 5.10 Å². The first-order chi connectivity index (χ1) is 12.6. The Morgan fingerprint density at radius 2 is 2.00 bits per heavy atom. The van der Waals surface area contributed by atoms with Gasteiger partial charge in [0.25, 0.3) is 0 Å². The maximum absolute atomic E-state index is 12.7. The molecule has 0 saturated carbocycles. The van der Waals surface area contributed by atoms with Crippen LogP contribution in [0.4, 0.5) is 0 Å². The van der Waals surface area contributed by atoms with Gasteiger partial charge in [0, 0.05) is 24.3 Å². The van der Waals surface area contributed by atoms with Crippen molar-refractivity contribution in [2.45, 2.75) is 32.7 Å². The number of aryl methyl sites for hydroxylation is 1. The van der Waals surface area contributed by atoms with Gasteiger partial charge in [-0.3, -0.25) is 4.79 Å². The standard InChI is InChI=1S/C18H21Cl2N3O3S/c1-11-15(9-18(24)22(3)14-6-7-27(25,26)10-14)12(2)23(21-11)13-4-5-16(19)17(20)8-13/h4-5,8,14H,6-7,9-10H2,1-3H3. The number of carbonyl (C=O) groups is 1. The topological polar surface area (TPSA) is 72.3 Å². The van der Waals surface area contributed by atoms with E-state index in [9.17, 15) is 13.2 Å². The highest BCUT2D eigenvalue weighted by molar-refractivity contribution is 7.91. The first-order valence-corrected chi connectivity index (χ1v) is 11.1. The zero-order chi connectivity index (χ0) is 19.9. The van der Waals surface area contributed by atoms with Crippen molar-refractivity contribution in [3.05, 3.63) is 45.2 Å². The molecule has 146 valence electrons. The number of carbonyl (C=O) groups excluding carboxylic acids is 1. The number of halogens is 2. The molecule has 9 heteroatoms. The Bertz CT molecular complexity index is 1000. The Labute approximate surface area is 169 Å². The van der Waals surface area contributed by atoms with E-state index < -0.39 is 9.84 Å². The van der Waals surface area contributed by atoms with Gasteiger partial charge in [0.05, 0.1) is 39.4 Å². The molecule has 1 saturated heterocycles. The highest BCUT2D eigenvalue weighted by atomic mass is 35.5. The molecule has 2 aromatic rings. The Balaban J connectivity index is 1.82. The van der Waals surface area contributed by atoms with Gasteiger partial charge in [-0.25, -0.2) is 13.1 Å². The number of rotatable bonds is 4. The van der Waals surface area contributed by atoms with Gasteiger partial charge in [0.1, 0.15) is 0 Å². The van der Waals surface area contributed by atoms with Gasteiger partial charge in [-0.1, -0.05) is 23.2 Å². The lowest BCUT2D eigenvalue weighted by molar-refractivity contribution is -0.130. The molecule has 1 unspecified atom stereocenters. The van der Waals surface area contributed by atoms with Gasteiger partial charge in [0.2, 0.25) is 5.91 Å². The van der Waals surface area contributed by atoms with Crippen LogP contribution in [-0.2, 0) is 21.1 Å². The molecule has 1 amide bonds. The molecular weight excluding hydrogens is 409 g/mol. The number of hydrogen-bond donors (Lipinski definition) is 0. The summed E-state index contributed by atoms with van der Waals surface area (Å²) in [6, 6.07) is 4.99. The molecule has 0 bridgehead atoms. The van der Waals surface area contributed by atoms with Crippen LogP contribution in [0.1, 0.15) is 23.4 Å². The monoisotopic (exact) mass is 429 g/mol. The van der Waals surface area contributed by atoms with E-state index >= 15 is 0 Å².